The van der Waals surface area contributed by atoms with E-state index in [1.807, 2.05) is 24.0 Å². The summed E-state index contributed by atoms with van der Waals surface area (Å²) in [6.45, 7) is 2.82. The molecule has 29 heavy (non-hydrogen) atoms. The van der Waals surface area contributed by atoms with Gasteiger partial charge < -0.3 is 14.4 Å². The molecule has 0 aromatic heterocycles. The molecular formula is C21H19N3O4S. The number of nitrogens with zero attached hydrogens (tertiary/aromatic N) is 2. The third-order valence-electron chi connectivity index (χ3n) is 5.30. The van der Waals surface area contributed by atoms with Crippen LogP contribution in [0.25, 0.3) is 0 Å². The zero-order valence-electron chi connectivity index (χ0n) is 15.8. The van der Waals surface area contributed by atoms with Crippen LogP contribution in [0.1, 0.15) is 34.8 Å². The molecule has 2 amide bonds. The number of hydrogen-bond donors (Lipinski definition) is 1. The van der Waals surface area contributed by atoms with Crippen LogP contribution in [0.4, 0.5) is 10.5 Å². The minimum Gasteiger partial charge on any atom is -0.454 e. The van der Waals surface area contributed by atoms with Gasteiger partial charge in [0.1, 0.15) is 0 Å². The number of hydrogen-bond acceptors (Lipinski definition) is 6. The lowest BCUT2D eigenvalue weighted by Crippen LogP contribution is -2.36. The first-order valence-corrected chi connectivity index (χ1v) is 10.4. The maximum atomic E-state index is 13.2. The van der Waals surface area contributed by atoms with Crippen molar-refractivity contribution >= 4 is 34.3 Å². The van der Waals surface area contributed by atoms with Crippen LogP contribution >= 0.6 is 11.8 Å². The van der Waals surface area contributed by atoms with Gasteiger partial charge in [0.25, 0.3) is 11.1 Å². The molecule has 0 radical (unpaired) electrons. The highest BCUT2D eigenvalue weighted by Crippen LogP contribution is 2.35. The van der Waals surface area contributed by atoms with Gasteiger partial charge in [-0.25, -0.2) is 5.43 Å². The second-order valence-electron chi connectivity index (χ2n) is 7.13. The van der Waals surface area contributed by atoms with Crippen LogP contribution in [0.5, 0.6) is 11.5 Å². The van der Waals surface area contributed by atoms with Gasteiger partial charge in [0.2, 0.25) is 6.79 Å². The summed E-state index contributed by atoms with van der Waals surface area (Å²) in [4.78, 5) is 26.5. The molecule has 5 rings (SSSR count). The van der Waals surface area contributed by atoms with Crippen LogP contribution in [-0.4, -0.2) is 35.4 Å². The van der Waals surface area contributed by atoms with Gasteiger partial charge in [-0.3, -0.25) is 9.59 Å². The Kier molecular flexibility index (Phi) is 4.43. The van der Waals surface area contributed by atoms with Crippen molar-refractivity contribution in [3.05, 3.63) is 53.1 Å². The molecule has 0 bridgehead atoms. The van der Waals surface area contributed by atoms with E-state index < -0.39 is 0 Å². The van der Waals surface area contributed by atoms with E-state index in [0.29, 0.717) is 23.6 Å². The predicted molar refractivity (Wildman–Crippen MR) is 111 cm³/mol. The van der Waals surface area contributed by atoms with Crippen molar-refractivity contribution in [2.45, 2.75) is 25.0 Å². The third kappa shape index (κ3) is 3.23. The number of ether oxygens (including phenoxy) is 2. The molecule has 1 N–H and O–H groups in total. The molecule has 2 aromatic carbocycles. The van der Waals surface area contributed by atoms with Gasteiger partial charge in [-0.15, -0.1) is 0 Å². The number of anilines is 1. The van der Waals surface area contributed by atoms with E-state index in [9.17, 15) is 9.59 Å². The van der Waals surface area contributed by atoms with E-state index in [4.69, 9.17) is 9.47 Å². The van der Waals surface area contributed by atoms with Gasteiger partial charge in [0.15, 0.2) is 11.5 Å². The van der Waals surface area contributed by atoms with Crippen LogP contribution in [0.15, 0.2) is 41.5 Å². The molecule has 0 saturated heterocycles. The molecule has 0 fully saturated rings. The van der Waals surface area contributed by atoms with Crippen molar-refractivity contribution in [1.82, 2.24) is 5.43 Å². The molecule has 0 saturated carbocycles. The standard InChI is InChI=1S/C21H19N3O4S/c1-12-19(22-23-21(26)29-12)14-4-6-16-13(9-14)3-2-8-24(16)20(25)15-5-7-17-18(10-15)28-11-27-17/h4-7,9-10,12H,2-3,8,11H2,1H3,(H,23,26). The lowest BCUT2D eigenvalue weighted by molar-refractivity contribution is 0.0984. The van der Waals surface area contributed by atoms with E-state index >= 15 is 0 Å². The van der Waals surface area contributed by atoms with Gasteiger partial charge in [-0.05, 0) is 61.2 Å². The average molecular weight is 409 g/mol. The van der Waals surface area contributed by atoms with Gasteiger partial charge in [-0.2, -0.15) is 5.10 Å². The zero-order chi connectivity index (χ0) is 20.0. The van der Waals surface area contributed by atoms with Crippen molar-refractivity contribution in [3.8, 4) is 11.5 Å². The Labute approximate surface area is 172 Å². The number of nitrogens with one attached hydrogen (secondary N) is 1. The van der Waals surface area contributed by atoms with Crippen LogP contribution in [0.3, 0.4) is 0 Å². The summed E-state index contributed by atoms with van der Waals surface area (Å²) < 4.78 is 10.7. The Morgan fingerprint density at radius 2 is 2.07 bits per heavy atom. The van der Waals surface area contributed by atoms with Crippen LogP contribution in [0, 0.1) is 0 Å². The highest BCUT2D eigenvalue weighted by molar-refractivity contribution is 8.14. The Balaban J connectivity index is 1.45. The highest BCUT2D eigenvalue weighted by Gasteiger charge is 2.27. The number of rotatable bonds is 2. The molecule has 1 atom stereocenters. The van der Waals surface area contributed by atoms with Crippen molar-refractivity contribution < 1.29 is 19.1 Å². The second kappa shape index (κ2) is 7.11. The molecule has 0 spiro atoms. The smallest absolute Gasteiger partial charge is 0.299 e. The number of carbonyl (C=O) groups excluding carboxylic acids is 2. The minimum absolute atomic E-state index is 0.0169. The monoisotopic (exact) mass is 409 g/mol. The van der Waals surface area contributed by atoms with Crippen molar-refractivity contribution in [3.63, 3.8) is 0 Å². The molecule has 8 heteroatoms. The molecule has 148 valence electrons. The van der Waals surface area contributed by atoms with Crippen molar-refractivity contribution in [2.75, 3.05) is 18.2 Å². The maximum Gasteiger partial charge on any atom is 0.299 e. The summed E-state index contributed by atoms with van der Waals surface area (Å²) in [5.74, 6) is 1.22. The fourth-order valence-electron chi connectivity index (χ4n) is 3.89. The normalized spacial score (nSPS) is 20.0. The summed E-state index contributed by atoms with van der Waals surface area (Å²) >= 11 is 1.23. The zero-order valence-corrected chi connectivity index (χ0v) is 16.6. The Morgan fingerprint density at radius 3 is 2.93 bits per heavy atom. The highest BCUT2D eigenvalue weighted by atomic mass is 32.2. The summed E-state index contributed by atoms with van der Waals surface area (Å²) in [5, 5.41) is 4.08. The number of thioether (sulfide) groups is 1. The topological polar surface area (TPSA) is 80.2 Å². The Hall–Kier alpha value is -3.00. The fraction of sp³-hybridized carbons (Fsp3) is 0.286. The lowest BCUT2D eigenvalue weighted by Gasteiger charge is -2.30. The largest absolute Gasteiger partial charge is 0.454 e. The van der Waals surface area contributed by atoms with Gasteiger partial charge in [0.05, 0.1) is 11.0 Å². The number of benzene rings is 2. The van der Waals surface area contributed by atoms with Crippen molar-refractivity contribution in [1.29, 1.82) is 0 Å². The van der Waals surface area contributed by atoms with Crippen LogP contribution in [0.2, 0.25) is 0 Å². The molecule has 3 aliphatic heterocycles. The van der Waals surface area contributed by atoms with Gasteiger partial charge in [0, 0.05) is 17.8 Å². The average Bonchev–Trinajstić information content (AvgIpc) is 3.20. The van der Waals surface area contributed by atoms with Crippen LogP contribution < -0.4 is 19.8 Å². The first kappa shape index (κ1) is 18.1. The Bertz CT molecular complexity index is 1050. The summed E-state index contributed by atoms with van der Waals surface area (Å²) in [6.07, 6.45) is 1.79. The van der Waals surface area contributed by atoms with E-state index in [1.54, 1.807) is 18.2 Å². The minimum atomic E-state index is -0.139. The number of fused-ring (bicyclic) bond motifs is 2. The number of hydrazone groups is 1. The lowest BCUT2D eigenvalue weighted by atomic mass is 9.96. The van der Waals surface area contributed by atoms with E-state index in [-0.39, 0.29) is 23.2 Å². The first-order valence-electron chi connectivity index (χ1n) is 9.49. The molecule has 1 unspecified atom stereocenters. The first-order chi connectivity index (χ1) is 14.1. The van der Waals surface area contributed by atoms with Crippen LogP contribution in [-0.2, 0) is 6.42 Å². The summed E-state index contributed by atoms with van der Waals surface area (Å²) in [5.41, 5.74) is 6.96. The molecule has 3 heterocycles. The molecule has 2 aromatic rings. The van der Waals surface area contributed by atoms with Gasteiger partial charge >= 0.3 is 0 Å². The molecule has 0 aliphatic carbocycles. The maximum absolute atomic E-state index is 13.2. The quantitative estimate of drug-likeness (QED) is 0.820. The van der Waals surface area contributed by atoms with E-state index in [1.165, 1.54) is 11.8 Å². The predicted octanol–water partition coefficient (Wildman–Crippen LogP) is 3.56. The molecule has 7 nitrogen and oxygen atoms in total. The van der Waals surface area contributed by atoms with Crippen molar-refractivity contribution in [2.24, 2.45) is 5.10 Å². The van der Waals surface area contributed by atoms with Gasteiger partial charge in [-0.1, -0.05) is 17.8 Å². The molecule has 3 aliphatic rings. The number of amides is 2. The summed E-state index contributed by atoms with van der Waals surface area (Å²) in [6, 6.07) is 11.3. The number of aryl methyl sites for hydroxylation is 1. The SMILES string of the molecule is CC1SC(=O)NN=C1c1ccc2c(c1)CCCN2C(=O)c1ccc2c(c1)OCO2. The Morgan fingerprint density at radius 1 is 1.21 bits per heavy atom. The molecular weight excluding hydrogens is 390 g/mol. The van der Waals surface area contributed by atoms with E-state index in [0.717, 1.165) is 35.4 Å². The third-order valence-corrected chi connectivity index (χ3v) is 6.18. The summed E-state index contributed by atoms with van der Waals surface area (Å²) in [7, 11) is 0. The second-order valence-corrected chi connectivity index (χ2v) is 8.44. The number of carbonyl (C=O) groups is 2. The fourth-order valence-corrected chi connectivity index (χ4v) is 4.61. The van der Waals surface area contributed by atoms with E-state index in [2.05, 4.69) is 16.6 Å².